The van der Waals surface area contributed by atoms with E-state index in [-0.39, 0.29) is 18.4 Å². The number of hydrogen-bond donors (Lipinski definition) is 1. The third-order valence-corrected chi connectivity index (χ3v) is 4.89. The van der Waals surface area contributed by atoms with Crippen molar-refractivity contribution in [2.24, 2.45) is 0 Å². The van der Waals surface area contributed by atoms with Crippen LogP contribution in [0.3, 0.4) is 0 Å². The van der Waals surface area contributed by atoms with Crippen molar-refractivity contribution in [3.8, 4) is 0 Å². The third kappa shape index (κ3) is 5.11. The standard InChI is InChI=1S/C16H15Cl3N2O2S/c1-2-7-21(16(23)13-5-6-14(19)24-13)9-15(22)20-12-8-10(17)3-4-11(12)18/h3-6,8H,2,7,9H2,1H3,(H,20,22). The lowest BCUT2D eigenvalue weighted by atomic mass is 10.3. The Bertz CT molecular complexity index is 749. The molecule has 4 nitrogen and oxygen atoms in total. The van der Waals surface area contributed by atoms with E-state index in [1.165, 1.54) is 16.2 Å². The van der Waals surface area contributed by atoms with E-state index in [1.807, 2.05) is 6.92 Å². The van der Waals surface area contributed by atoms with Gasteiger partial charge in [-0.1, -0.05) is 41.7 Å². The van der Waals surface area contributed by atoms with E-state index < -0.39 is 0 Å². The number of anilines is 1. The normalized spacial score (nSPS) is 10.5. The van der Waals surface area contributed by atoms with Gasteiger partial charge in [-0.05, 0) is 36.8 Å². The minimum Gasteiger partial charge on any atom is -0.329 e. The summed E-state index contributed by atoms with van der Waals surface area (Å²) < 4.78 is 0.532. The molecule has 8 heteroatoms. The molecule has 0 atom stereocenters. The number of carbonyl (C=O) groups excluding carboxylic acids is 2. The maximum atomic E-state index is 12.5. The van der Waals surface area contributed by atoms with E-state index in [1.54, 1.807) is 30.3 Å². The van der Waals surface area contributed by atoms with Gasteiger partial charge in [-0.2, -0.15) is 0 Å². The van der Waals surface area contributed by atoms with Crippen LogP contribution in [-0.4, -0.2) is 29.8 Å². The molecule has 0 radical (unpaired) electrons. The first-order chi connectivity index (χ1) is 11.4. The van der Waals surface area contributed by atoms with Crippen LogP contribution in [0.5, 0.6) is 0 Å². The molecule has 0 bridgehead atoms. The number of halogens is 3. The predicted molar refractivity (Wildman–Crippen MR) is 101 cm³/mol. The van der Waals surface area contributed by atoms with Crippen molar-refractivity contribution < 1.29 is 9.59 Å². The van der Waals surface area contributed by atoms with Gasteiger partial charge in [-0.3, -0.25) is 9.59 Å². The first kappa shape index (κ1) is 19.1. The summed E-state index contributed by atoms with van der Waals surface area (Å²) in [5, 5.41) is 3.52. The summed E-state index contributed by atoms with van der Waals surface area (Å²) in [6.45, 7) is 2.32. The van der Waals surface area contributed by atoms with Crippen LogP contribution in [0, 0.1) is 0 Å². The number of amides is 2. The summed E-state index contributed by atoms with van der Waals surface area (Å²) in [4.78, 5) is 26.8. The highest BCUT2D eigenvalue weighted by atomic mass is 35.5. The van der Waals surface area contributed by atoms with Crippen molar-refractivity contribution in [1.29, 1.82) is 0 Å². The minimum absolute atomic E-state index is 0.0783. The molecule has 1 aromatic carbocycles. The van der Waals surface area contributed by atoms with Gasteiger partial charge < -0.3 is 10.2 Å². The maximum absolute atomic E-state index is 12.5. The lowest BCUT2D eigenvalue weighted by Crippen LogP contribution is -2.38. The molecule has 0 unspecified atom stereocenters. The molecule has 24 heavy (non-hydrogen) atoms. The molecule has 2 amide bonds. The molecule has 1 aromatic heterocycles. The van der Waals surface area contributed by atoms with Gasteiger partial charge >= 0.3 is 0 Å². The lowest BCUT2D eigenvalue weighted by Gasteiger charge is -2.21. The molecular formula is C16H15Cl3N2O2S. The third-order valence-electron chi connectivity index (χ3n) is 3.10. The van der Waals surface area contributed by atoms with E-state index in [0.717, 1.165) is 6.42 Å². The van der Waals surface area contributed by atoms with Gasteiger partial charge in [0.25, 0.3) is 5.91 Å². The zero-order chi connectivity index (χ0) is 17.7. The highest BCUT2D eigenvalue weighted by Gasteiger charge is 2.20. The molecule has 0 saturated carbocycles. The second kappa shape index (κ2) is 8.72. The highest BCUT2D eigenvalue weighted by Crippen LogP contribution is 2.26. The van der Waals surface area contributed by atoms with Crippen LogP contribution in [0.2, 0.25) is 14.4 Å². The molecule has 0 aliphatic rings. The van der Waals surface area contributed by atoms with Crippen molar-refractivity contribution >= 4 is 63.6 Å². The quantitative estimate of drug-likeness (QED) is 0.718. The SMILES string of the molecule is CCCN(CC(=O)Nc1cc(Cl)ccc1Cl)C(=O)c1ccc(Cl)s1. The van der Waals surface area contributed by atoms with Crippen LogP contribution >= 0.6 is 46.1 Å². The number of nitrogens with zero attached hydrogens (tertiary/aromatic N) is 1. The molecule has 128 valence electrons. The molecule has 2 aromatic rings. The fourth-order valence-corrected chi connectivity index (χ4v) is 3.41. The Morgan fingerprint density at radius 2 is 1.92 bits per heavy atom. The number of benzene rings is 1. The van der Waals surface area contributed by atoms with Gasteiger partial charge in [0.1, 0.15) is 6.54 Å². The molecule has 1 N–H and O–H groups in total. The van der Waals surface area contributed by atoms with Crippen LogP contribution in [0.15, 0.2) is 30.3 Å². The summed E-state index contributed by atoms with van der Waals surface area (Å²) in [6, 6.07) is 8.11. The van der Waals surface area contributed by atoms with Gasteiger partial charge in [-0.25, -0.2) is 0 Å². The minimum atomic E-state index is -0.344. The van der Waals surface area contributed by atoms with Crippen molar-refractivity contribution in [3.63, 3.8) is 0 Å². The first-order valence-electron chi connectivity index (χ1n) is 7.20. The average molecular weight is 406 g/mol. The van der Waals surface area contributed by atoms with Crippen LogP contribution in [-0.2, 0) is 4.79 Å². The first-order valence-corrected chi connectivity index (χ1v) is 9.15. The number of nitrogens with one attached hydrogen (secondary N) is 1. The van der Waals surface area contributed by atoms with E-state index in [0.29, 0.717) is 31.5 Å². The Balaban J connectivity index is 2.08. The predicted octanol–water partition coefficient (Wildman–Crippen LogP) is 5.20. The van der Waals surface area contributed by atoms with Crippen molar-refractivity contribution in [2.45, 2.75) is 13.3 Å². The highest BCUT2D eigenvalue weighted by molar-refractivity contribution is 7.17. The summed E-state index contributed by atoms with van der Waals surface area (Å²) in [6.07, 6.45) is 0.732. The molecular weight excluding hydrogens is 391 g/mol. The lowest BCUT2D eigenvalue weighted by molar-refractivity contribution is -0.116. The van der Waals surface area contributed by atoms with Gasteiger partial charge in [0.15, 0.2) is 0 Å². The number of thiophene rings is 1. The van der Waals surface area contributed by atoms with E-state index in [9.17, 15) is 9.59 Å². The van der Waals surface area contributed by atoms with Gasteiger partial charge in [0.2, 0.25) is 5.91 Å². The Morgan fingerprint density at radius 1 is 1.17 bits per heavy atom. The van der Waals surface area contributed by atoms with E-state index in [2.05, 4.69) is 5.32 Å². The summed E-state index contributed by atoms with van der Waals surface area (Å²) in [7, 11) is 0. The second-order valence-electron chi connectivity index (χ2n) is 5.00. The van der Waals surface area contributed by atoms with Crippen LogP contribution < -0.4 is 5.32 Å². The maximum Gasteiger partial charge on any atom is 0.264 e. The molecule has 0 saturated heterocycles. The van der Waals surface area contributed by atoms with Crippen molar-refractivity contribution in [2.75, 3.05) is 18.4 Å². The average Bonchev–Trinajstić information content (AvgIpc) is 2.96. The Morgan fingerprint density at radius 3 is 2.54 bits per heavy atom. The zero-order valence-electron chi connectivity index (χ0n) is 12.8. The Kier molecular flexibility index (Phi) is 6.92. The van der Waals surface area contributed by atoms with Crippen molar-refractivity contribution in [1.82, 2.24) is 4.90 Å². The van der Waals surface area contributed by atoms with Crippen LogP contribution in [0.4, 0.5) is 5.69 Å². The number of hydrogen-bond acceptors (Lipinski definition) is 3. The van der Waals surface area contributed by atoms with E-state index in [4.69, 9.17) is 34.8 Å². The Hall–Kier alpha value is -1.27. The fraction of sp³-hybridized carbons (Fsp3) is 0.250. The summed E-state index contributed by atoms with van der Waals surface area (Å²) in [5.74, 6) is -0.565. The van der Waals surface area contributed by atoms with Gasteiger partial charge in [-0.15, -0.1) is 11.3 Å². The molecule has 0 spiro atoms. The molecule has 0 fully saturated rings. The fourth-order valence-electron chi connectivity index (χ4n) is 2.06. The summed E-state index contributed by atoms with van der Waals surface area (Å²) in [5.41, 5.74) is 0.414. The number of carbonyl (C=O) groups is 2. The summed E-state index contributed by atoms with van der Waals surface area (Å²) >= 11 is 19.0. The van der Waals surface area contributed by atoms with Gasteiger partial charge in [0.05, 0.1) is 19.9 Å². The molecule has 0 aliphatic heterocycles. The zero-order valence-corrected chi connectivity index (χ0v) is 15.9. The Labute approximate surface area is 159 Å². The van der Waals surface area contributed by atoms with Crippen molar-refractivity contribution in [3.05, 3.63) is 49.6 Å². The topological polar surface area (TPSA) is 49.4 Å². The molecule has 0 aliphatic carbocycles. The molecule has 2 rings (SSSR count). The van der Waals surface area contributed by atoms with Crippen LogP contribution in [0.25, 0.3) is 0 Å². The monoisotopic (exact) mass is 404 g/mol. The number of rotatable bonds is 6. The largest absolute Gasteiger partial charge is 0.329 e. The van der Waals surface area contributed by atoms with Gasteiger partial charge in [0, 0.05) is 11.6 Å². The second-order valence-corrected chi connectivity index (χ2v) is 7.56. The van der Waals surface area contributed by atoms with E-state index >= 15 is 0 Å². The molecule has 1 heterocycles. The van der Waals surface area contributed by atoms with Crippen LogP contribution in [0.1, 0.15) is 23.0 Å². The smallest absolute Gasteiger partial charge is 0.264 e.